The predicted molar refractivity (Wildman–Crippen MR) is 136 cm³/mol. The molecule has 1 N–H and O–H groups in total. The molecule has 1 aromatic heterocycles. The van der Waals surface area contributed by atoms with Gasteiger partial charge < -0.3 is 24.3 Å². The zero-order valence-corrected chi connectivity index (χ0v) is 22.4. The number of carbonyl (C=O) groups is 3. The molecular formula is C28H35FN2O7. The molecule has 3 atom stereocenters. The lowest BCUT2D eigenvalue weighted by molar-refractivity contribution is -0.152. The number of pyridine rings is 1. The zero-order chi connectivity index (χ0) is 27.8. The molecule has 1 fully saturated rings. The number of rotatable bonds is 11. The number of benzene rings is 1. The van der Waals surface area contributed by atoms with Crippen molar-refractivity contribution in [2.45, 2.75) is 71.4 Å². The SMILES string of the molecule is COc1ccnc(C(=O)NC(C)C(=O)O[C@H](C)[C@H](c2ccc(F)cc2C)C2CCCC2)c1OCOC(C)=O. The maximum atomic E-state index is 13.8. The second kappa shape index (κ2) is 13.2. The molecule has 1 aliphatic rings. The summed E-state index contributed by atoms with van der Waals surface area (Å²) in [4.78, 5) is 41.2. The van der Waals surface area contributed by atoms with Crippen LogP contribution in [0.5, 0.6) is 11.5 Å². The minimum absolute atomic E-state index is 0.0317. The molecule has 0 bridgehead atoms. The van der Waals surface area contributed by atoms with Gasteiger partial charge in [0.1, 0.15) is 18.0 Å². The lowest BCUT2D eigenvalue weighted by atomic mass is 9.79. The number of amides is 1. The minimum atomic E-state index is -1.00. The van der Waals surface area contributed by atoms with Crippen molar-refractivity contribution in [2.75, 3.05) is 13.9 Å². The highest BCUT2D eigenvalue weighted by molar-refractivity contribution is 5.98. The van der Waals surface area contributed by atoms with Crippen molar-refractivity contribution in [1.29, 1.82) is 0 Å². The van der Waals surface area contributed by atoms with Crippen molar-refractivity contribution in [2.24, 2.45) is 5.92 Å². The number of hydrogen-bond acceptors (Lipinski definition) is 8. The molecule has 0 radical (unpaired) electrons. The first-order valence-corrected chi connectivity index (χ1v) is 12.7. The first-order valence-electron chi connectivity index (χ1n) is 12.7. The largest absolute Gasteiger partial charge is 0.493 e. The smallest absolute Gasteiger partial charge is 0.328 e. The molecule has 38 heavy (non-hydrogen) atoms. The van der Waals surface area contributed by atoms with Gasteiger partial charge in [-0.3, -0.25) is 9.59 Å². The summed E-state index contributed by atoms with van der Waals surface area (Å²) in [7, 11) is 1.39. The monoisotopic (exact) mass is 530 g/mol. The lowest BCUT2D eigenvalue weighted by Gasteiger charge is -2.31. The molecule has 3 rings (SSSR count). The van der Waals surface area contributed by atoms with Gasteiger partial charge in [0, 0.05) is 25.1 Å². The molecular weight excluding hydrogens is 495 g/mol. The molecule has 0 aliphatic heterocycles. The van der Waals surface area contributed by atoms with E-state index in [1.807, 2.05) is 13.8 Å². The zero-order valence-electron chi connectivity index (χ0n) is 22.4. The van der Waals surface area contributed by atoms with Gasteiger partial charge in [-0.05, 0) is 62.8 Å². The van der Waals surface area contributed by atoms with Crippen molar-refractivity contribution in [3.05, 3.63) is 53.1 Å². The summed E-state index contributed by atoms with van der Waals surface area (Å²) in [5, 5.41) is 2.59. The van der Waals surface area contributed by atoms with Crippen molar-refractivity contribution in [3.63, 3.8) is 0 Å². The summed E-state index contributed by atoms with van der Waals surface area (Å²) in [5.74, 6) is -1.78. The van der Waals surface area contributed by atoms with Gasteiger partial charge in [-0.2, -0.15) is 0 Å². The maximum Gasteiger partial charge on any atom is 0.328 e. The van der Waals surface area contributed by atoms with Crippen LogP contribution in [0.4, 0.5) is 4.39 Å². The standard InChI is InChI=1S/C28H35FN2O7/c1-16-14-21(29)10-11-22(16)24(20-8-6-7-9-20)18(3)38-28(34)17(2)31-27(33)25-26(37-15-36-19(4)32)23(35-5)12-13-30-25/h10-14,17-18,20,24H,6-9,15H2,1-5H3,(H,31,33)/t17?,18-,24+/m1/s1. The molecule has 1 heterocycles. The number of methoxy groups -OCH3 is 1. The molecule has 10 heteroatoms. The first-order chi connectivity index (χ1) is 18.1. The number of halogens is 1. The molecule has 1 aromatic carbocycles. The fourth-order valence-electron chi connectivity index (χ4n) is 4.97. The summed E-state index contributed by atoms with van der Waals surface area (Å²) in [5.41, 5.74) is 1.64. The number of hydrogen-bond donors (Lipinski definition) is 1. The van der Waals surface area contributed by atoms with Gasteiger partial charge in [0.25, 0.3) is 5.91 Å². The quantitative estimate of drug-likeness (QED) is 0.335. The van der Waals surface area contributed by atoms with Crippen LogP contribution in [0, 0.1) is 18.7 Å². The van der Waals surface area contributed by atoms with E-state index >= 15 is 0 Å². The van der Waals surface area contributed by atoms with Gasteiger partial charge in [0.2, 0.25) is 6.79 Å². The topological polar surface area (TPSA) is 113 Å². The van der Waals surface area contributed by atoms with E-state index in [1.54, 1.807) is 6.07 Å². The number of carbonyl (C=O) groups excluding carboxylic acids is 3. The average molecular weight is 531 g/mol. The lowest BCUT2D eigenvalue weighted by Crippen LogP contribution is -2.42. The van der Waals surface area contributed by atoms with Crippen LogP contribution >= 0.6 is 0 Å². The Morgan fingerprint density at radius 1 is 1.16 bits per heavy atom. The van der Waals surface area contributed by atoms with Crippen LogP contribution in [0.25, 0.3) is 0 Å². The van der Waals surface area contributed by atoms with Crippen molar-refractivity contribution in [3.8, 4) is 11.5 Å². The molecule has 1 saturated carbocycles. The molecule has 1 amide bonds. The van der Waals surface area contributed by atoms with Crippen LogP contribution < -0.4 is 14.8 Å². The Morgan fingerprint density at radius 3 is 2.50 bits per heavy atom. The van der Waals surface area contributed by atoms with E-state index in [4.69, 9.17) is 18.9 Å². The van der Waals surface area contributed by atoms with Gasteiger partial charge in [0.05, 0.1) is 7.11 Å². The Hall–Kier alpha value is -3.69. The molecule has 9 nitrogen and oxygen atoms in total. The van der Waals surface area contributed by atoms with E-state index in [0.717, 1.165) is 36.8 Å². The second-order valence-corrected chi connectivity index (χ2v) is 9.50. The molecule has 206 valence electrons. The Bertz CT molecular complexity index is 1150. The second-order valence-electron chi connectivity index (χ2n) is 9.50. The number of aryl methyl sites for hydroxylation is 1. The molecule has 2 aromatic rings. The van der Waals surface area contributed by atoms with Crippen LogP contribution in [-0.2, 0) is 19.1 Å². The highest BCUT2D eigenvalue weighted by Crippen LogP contribution is 2.41. The van der Waals surface area contributed by atoms with E-state index < -0.39 is 36.8 Å². The van der Waals surface area contributed by atoms with Crippen LogP contribution in [0.2, 0.25) is 0 Å². The van der Waals surface area contributed by atoms with E-state index in [0.29, 0.717) is 5.92 Å². The number of aromatic nitrogens is 1. The van der Waals surface area contributed by atoms with Crippen LogP contribution in [0.3, 0.4) is 0 Å². The summed E-state index contributed by atoms with van der Waals surface area (Å²) in [6.45, 7) is 5.99. The van der Waals surface area contributed by atoms with Gasteiger partial charge in [-0.15, -0.1) is 0 Å². The van der Waals surface area contributed by atoms with Crippen LogP contribution in [-0.4, -0.2) is 48.9 Å². The van der Waals surface area contributed by atoms with E-state index in [1.165, 1.54) is 45.4 Å². The van der Waals surface area contributed by atoms with E-state index in [-0.39, 0.29) is 28.9 Å². The van der Waals surface area contributed by atoms with Crippen LogP contribution in [0.1, 0.15) is 74.0 Å². The number of ether oxygens (including phenoxy) is 4. The number of nitrogens with zero attached hydrogens (tertiary/aromatic N) is 1. The molecule has 0 spiro atoms. The highest BCUT2D eigenvalue weighted by Gasteiger charge is 2.35. The fraction of sp³-hybridized carbons (Fsp3) is 0.500. The molecule has 0 saturated heterocycles. The summed E-state index contributed by atoms with van der Waals surface area (Å²) in [6.07, 6.45) is 5.08. The summed E-state index contributed by atoms with van der Waals surface area (Å²) < 4.78 is 35.1. The molecule has 1 aliphatic carbocycles. The van der Waals surface area contributed by atoms with Gasteiger partial charge in [0.15, 0.2) is 17.2 Å². The third kappa shape index (κ3) is 7.20. The normalized spacial score (nSPS) is 15.7. The van der Waals surface area contributed by atoms with Gasteiger partial charge in [-0.25, -0.2) is 14.2 Å². The van der Waals surface area contributed by atoms with E-state index in [9.17, 15) is 18.8 Å². The number of esters is 2. The van der Waals surface area contributed by atoms with Crippen molar-refractivity contribution < 1.29 is 37.7 Å². The first kappa shape index (κ1) is 28.9. The third-order valence-corrected chi connectivity index (χ3v) is 6.78. The van der Waals surface area contributed by atoms with Gasteiger partial charge >= 0.3 is 11.9 Å². The minimum Gasteiger partial charge on any atom is -0.493 e. The van der Waals surface area contributed by atoms with E-state index in [2.05, 4.69) is 10.3 Å². The highest BCUT2D eigenvalue weighted by atomic mass is 19.1. The fourth-order valence-corrected chi connectivity index (χ4v) is 4.97. The predicted octanol–water partition coefficient (Wildman–Crippen LogP) is 4.46. The third-order valence-electron chi connectivity index (χ3n) is 6.78. The van der Waals surface area contributed by atoms with Gasteiger partial charge in [-0.1, -0.05) is 18.9 Å². The Morgan fingerprint density at radius 2 is 1.87 bits per heavy atom. The molecule has 1 unspecified atom stereocenters. The van der Waals surface area contributed by atoms with Crippen LogP contribution in [0.15, 0.2) is 30.5 Å². The Balaban J connectivity index is 1.72. The van der Waals surface area contributed by atoms with Crippen molar-refractivity contribution in [1.82, 2.24) is 10.3 Å². The summed E-state index contributed by atoms with van der Waals surface area (Å²) >= 11 is 0. The Kier molecular flexibility index (Phi) is 10.0. The summed E-state index contributed by atoms with van der Waals surface area (Å²) in [6, 6.07) is 5.19. The average Bonchev–Trinajstić information content (AvgIpc) is 3.39. The maximum absolute atomic E-state index is 13.8. The Labute approximate surface area is 222 Å². The van der Waals surface area contributed by atoms with Crippen molar-refractivity contribution >= 4 is 17.8 Å². The number of nitrogens with one attached hydrogen (secondary N) is 1.